The number of aromatic nitrogens is 2. The maximum atomic E-state index is 12.6. The monoisotopic (exact) mass is 353 g/mol. The second-order valence-electron chi connectivity index (χ2n) is 5.87. The lowest BCUT2D eigenvalue weighted by molar-refractivity contribution is 0.0949. The van der Waals surface area contributed by atoms with E-state index >= 15 is 0 Å². The topological polar surface area (TPSA) is 64.0 Å². The van der Waals surface area contributed by atoms with E-state index in [1.54, 1.807) is 29.1 Å². The normalized spacial score (nSPS) is 10.6. The van der Waals surface area contributed by atoms with E-state index in [1.807, 2.05) is 38.1 Å². The van der Waals surface area contributed by atoms with Crippen LogP contribution in [0.1, 0.15) is 31.4 Å². The molecule has 25 heavy (non-hydrogen) atoms. The summed E-state index contributed by atoms with van der Waals surface area (Å²) in [5.74, 6) is -0.366. The number of hydrogen-bond donors (Lipinski definition) is 1. The van der Waals surface area contributed by atoms with Gasteiger partial charge in [-0.15, -0.1) is 11.3 Å². The summed E-state index contributed by atoms with van der Waals surface area (Å²) < 4.78 is 1.56. The van der Waals surface area contributed by atoms with E-state index in [9.17, 15) is 9.59 Å². The lowest BCUT2D eigenvalue weighted by atomic mass is 10.1. The predicted octanol–water partition coefficient (Wildman–Crippen LogP) is 2.90. The minimum Gasteiger partial charge on any atom is -0.347 e. The lowest BCUT2D eigenvalue weighted by Gasteiger charge is -2.09. The highest BCUT2D eigenvalue weighted by molar-refractivity contribution is 7.11. The zero-order valence-electron chi connectivity index (χ0n) is 14.2. The number of amides is 1. The highest BCUT2D eigenvalue weighted by atomic mass is 32.1. The van der Waals surface area contributed by atoms with Gasteiger partial charge in [-0.25, -0.2) is 4.98 Å². The Morgan fingerprint density at radius 2 is 2.08 bits per heavy atom. The number of benzene rings is 1. The van der Waals surface area contributed by atoms with Gasteiger partial charge in [-0.1, -0.05) is 29.8 Å². The van der Waals surface area contributed by atoms with Crippen molar-refractivity contribution in [1.29, 1.82) is 0 Å². The van der Waals surface area contributed by atoms with Gasteiger partial charge in [-0.3, -0.25) is 9.59 Å². The van der Waals surface area contributed by atoms with Gasteiger partial charge in [-0.2, -0.15) is 0 Å². The third kappa shape index (κ3) is 4.22. The van der Waals surface area contributed by atoms with Gasteiger partial charge in [0.15, 0.2) is 0 Å². The van der Waals surface area contributed by atoms with Gasteiger partial charge in [0.25, 0.3) is 11.5 Å². The molecule has 0 saturated carbocycles. The van der Waals surface area contributed by atoms with Gasteiger partial charge in [0.2, 0.25) is 0 Å². The second kappa shape index (κ2) is 7.44. The van der Waals surface area contributed by atoms with Crippen molar-refractivity contribution < 1.29 is 4.79 Å². The molecular weight excluding hydrogens is 334 g/mol. The predicted molar refractivity (Wildman–Crippen MR) is 99.0 cm³/mol. The number of nitrogens with zero attached hydrogens (tertiary/aromatic N) is 2. The van der Waals surface area contributed by atoms with Gasteiger partial charge < -0.3 is 9.88 Å². The number of rotatable bonds is 5. The molecule has 0 saturated heterocycles. The van der Waals surface area contributed by atoms with Crippen molar-refractivity contribution in [2.24, 2.45) is 0 Å². The number of carbonyl (C=O) groups excluding carboxylic acids is 1. The van der Waals surface area contributed by atoms with Crippen LogP contribution in [0.3, 0.4) is 0 Å². The van der Waals surface area contributed by atoms with Gasteiger partial charge >= 0.3 is 0 Å². The molecular formula is C19H19N3O2S. The molecule has 2 heterocycles. The molecule has 5 nitrogen and oxygen atoms in total. The minimum absolute atomic E-state index is 0.149. The van der Waals surface area contributed by atoms with Crippen LogP contribution in [0.15, 0.2) is 53.6 Å². The standard InChI is InChI=1S/C19H19N3O2S/c1-13-5-3-6-15(9-13)12-22-8-4-7-17(19(22)24)18(23)21-11-16-10-20-14(2)25-16/h3-10H,11-12H2,1-2H3,(H,21,23). The van der Waals surface area contributed by atoms with Crippen LogP contribution >= 0.6 is 11.3 Å². The van der Waals surface area contributed by atoms with E-state index < -0.39 is 0 Å². The Bertz CT molecular complexity index is 959. The molecule has 2 aromatic heterocycles. The van der Waals surface area contributed by atoms with E-state index in [2.05, 4.69) is 10.3 Å². The summed E-state index contributed by atoms with van der Waals surface area (Å²) in [4.78, 5) is 30.1. The molecule has 0 aliphatic carbocycles. The first-order valence-corrected chi connectivity index (χ1v) is 8.79. The molecule has 3 rings (SSSR count). The second-order valence-corrected chi connectivity index (χ2v) is 7.19. The summed E-state index contributed by atoms with van der Waals surface area (Å²) in [7, 11) is 0. The van der Waals surface area contributed by atoms with E-state index in [0.29, 0.717) is 13.1 Å². The first-order chi connectivity index (χ1) is 12.0. The van der Waals surface area contributed by atoms with Gasteiger partial charge in [0.05, 0.1) is 18.1 Å². The summed E-state index contributed by atoms with van der Waals surface area (Å²) >= 11 is 1.53. The Morgan fingerprint density at radius 3 is 2.80 bits per heavy atom. The van der Waals surface area contributed by atoms with Crippen LogP contribution < -0.4 is 10.9 Å². The zero-order valence-corrected chi connectivity index (χ0v) is 15.0. The number of hydrogen-bond acceptors (Lipinski definition) is 4. The first-order valence-electron chi connectivity index (χ1n) is 7.97. The fourth-order valence-electron chi connectivity index (χ4n) is 2.59. The van der Waals surface area contributed by atoms with Crippen LogP contribution in [-0.2, 0) is 13.1 Å². The summed E-state index contributed by atoms with van der Waals surface area (Å²) in [6.07, 6.45) is 3.44. The van der Waals surface area contributed by atoms with Crippen LogP contribution in [-0.4, -0.2) is 15.5 Å². The van der Waals surface area contributed by atoms with Gasteiger partial charge in [-0.05, 0) is 31.5 Å². The largest absolute Gasteiger partial charge is 0.347 e. The van der Waals surface area contributed by atoms with Crippen LogP contribution in [0.25, 0.3) is 0 Å². The van der Waals surface area contributed by atoms with E-state index in [4.69, 9.17) is 0 Å². The van der Waals surface area contributed by atoms with Gasteiger partial charge in [0, 0.05) is 17.3 Å². The molecule has 1 amide bonds. The minimum atomic E-state index is -0.366. The third-order valence-electron chi connectivity index (χ3n) is 3.79. The fraction of sp³-hybridized carbons (Fsp3) is 0.211. The Kier molecular flexibility index (Phi) is 5.09. The summed E-state index contributed by atoms with van der Waals surface area (Å²) in [5.41, 5.74) is 2.03. The number of nitrogens with one attached hydrogen (secondary N) is 1. The van der Waals surface area contributed by atoms with E-state index in [-0.39, 0.29) is 17.0 Å². The maximum absolute atomic E-state index is 12.6. The highest BCUT2D eigenvalue weighted by Crippen LogP contribution is 2.11. The number of aryl methyl sites for hydroxylation is 2. The van der Waals surface area contributed by atoms with Crippen LogP contribution in [0.5, 0.6) is 0 Å². The van der Waals surface area contributed by atoms with Crippen molar-refractivity contribution >= 4 is 17.2 Å². The van der Waals surface area contributed by atoms with Gasteiger partial charge in [0.1, 0.15) is 5.56 Å². The van der Waals surface area contributed by atoms with Crippen LogP contribution in [0.2, 0.25) is 0 Å². The first kappa shape index (κ1) is 17.1. The smallest absolute Gasteiger partial charge is 0.263 e. The zero-order chi connectivity index (χ0) is 17.8. The van der Waals surface area contributed by atoms with Crippen molar-refractivity contribution in [2.75, 3.05) is 0 Å². The molecule has 0 atom stereocenters. The Hall–Kier alpha value is -2.73. The maximum Gasteiger partial charge on any atom is 0.263 e. The molecule has 0 aliphatic heterocycles. The SMILES string of the molecule is Cc1cccc(Cn2cccc(C(=O)NCc3cnc(C)s3)c2=O)c1. The molecule has 1 aromatic carbocycles. The molecule has 0 spiro atoms. The molecule has 0 radical (unpaired) electrons. The molecule has 0 bridgehead atoms. The Balaban J connectivity index is 1.76. The van der Waals surface area contributed by atoms with Crippen molar-refractivity contribution in [2.45, 2.75) is 26.9 Å². The van der Waals surface area contributed by atoms with Crippen molar-refractivity contribution in [1.82, 2.24) is 14.9 Å². The Labute approximate surface area is 150 Å². The van der Waals surface area contributed by atoms with Crippen molar-refractivity contribution in [3.63, 3.8) is 0 Å². The van der Waals surface area contributed by atoms with Crippen molar-refractivity contribution in [3.8, 4) is 0 Å². The molecule has 0 aliphatic rings. The summed E-state index contributed by atoms with van der Waals surface area (Å²) in [5, 5.41) is 3.74. The third-order valence-corrected chi connectivity index (χ3v) is 4.71. The average Bonchev–Trinajstić information content (AvgIpc) is 3.00. The van der Waals surface area contributed by atoms with Crippen molar-refractivity contribution in [3.05, 3.63) is 85.7 Å². The molecule has 0 fully saturated rings. The molecule has 3 aromatic rings. The van der Waals surface area contributed by atoms with Crippen LogP contribution in [0, 0.1) is 13.8 Å². The summed E-state index contributed by atoms with van der Waals surface area (Å²) in [6, 6.07) is 11.3. The van der Waals surface area contributed by atoms with E-state index in [0.717, 1.165) is 21.0 Å². The average molecular weight is 353 g/mol. The van der Waals surface area contributed by atoms with Crippen LogP contribution in [0.4, 0.5) is 0 Å². The lowest BCUT2D eigenvalue weighted by Crippen LogP contribution is -2.32. The number of pyridine rings is 1. The summed E-state index contributed by atoms with van der Waals surface area (Å²) in [6.45, 7) is 4.74. The quantitative estimate of drug-likeness (QED) is 0.767. The highest BCUT2D eigenvalue weighted by Gasteiger charge is 2.12. The molecule has 128 valence electrons. The number of thiazole rings is 1. The molecule has 1 N–H and O–H groups in total. The van der Waals surface area contributed by atoms with E-state index in [1.165, 1.54) is 11.3 Å². The Morgan fingerprint density at radius 1 is 1.24 bits per heavy atom. The number of carbonyl (C=O) groups is 1. The fourth-order valence-corrected chi connectivity index (χ4v) is 3.33. The molecule has 0 unspecified atom stereocenters. The molecule has 6 heteroatoms.